The van der Waals surface area contributed by atoms with Gasteiger partial charge in [-0.2, -0.15) is 0 Å². The minimum atomic E-state index is 0.635. The maximum atomic E-state index is 10.0. The molecule has 3 heteroatoms. The van der Waals surface area contributed by atoms with E-state index < -0.39 is 0 Å². The van der Waals surface area contributed by atoms with Crippen LogP contribution in [0.25, 0.3) is 0 Å². The lowest BCUT2D eigenvalue weighted by Crippen LogP contribution is -1.87. The van der Waals surface area contributed by atoms with Gasteiger partial charge in [-0.05, 0) is 40.4 Å². The summed E-state index contributed by atoms with van der Waals surface area (Å²) in [6.07, 6.45) is 5.25. The number of aryl methyl sites for hydroxylation is 1. The number of aldehydes is 1. The third-order valence-electron chi connectivity index (χ3n) is 1.58. The van der Waals surface area contributed by atoms with Crippen LogP contribution in [0, 0.1) is 0 Å². The smallest absolute Gasteiger partial charge is 0.120 e. The number of nitrogens with zero attached hydrogens (tertiary/aromatic N) is 1. The van der Waals surface area contributed by atoms with Crippen LogP contribution in [0.4, 0.5) is 0 Å². The van der Waals surface area contributed by atoms with Crippen molar-refractivity contribution in [3.63, 3.8) is 0 Å². The summed E-state index contributed by atoms with van der Waals surface area (Å²) in [6, 6.07) is 3.93. The van der Waals surface area contributed by atoms with Gasteiger partial charge in [-0.15, -0.1) is 0 Å². The lowest BCUT2D eigenvalue weighted by atomic mass is 10.1. The maximum Gasteiger partial charge on any atom is 0.120 e. The molecular formula is C9H10BrNO. The van der Waals surface area contributed by atoms with Crippen LogP contribution in [0.15, 0.2) is 22.9 Å². The molecule has 1 aromatic heterocycles. The van der Waals surface area contributed by atoms with E-state index in [2.05, 4.69) is 20.9 Å². The predicted molar refractivity (Wildman–Crippen MR) is 50.9 cm³/mol. The molecule has 12 heavy (non-hydrogen) atoms. The Hall–Kier alpha value is -0.700. The number of hydrogen-bond donors (Lipinski definition) is 0. The molecule has 0 aromatic carbocycles. The molecule has 0 bridgehead atoms. The van der Waals surface area contributed by atoms with Crippen molar-refractivity contribution in [2.75, 3.05) is 0 Å². The van der Waals surface area contributed by atoms with Crippen molar-refractivity contribution >= 4 is 22.2 Å². The molecule has 2 nitrogen and oxygen atoms in total. The minimum absolute atomic E-state index is 0.635. The third kappa shape index (κ3) is 3.13. The van der Waals surface area contributed by atoms with Crippen LogP contribution in [0.1, 0.15) is 18.4 Å². The second-order valence-corrected chi connectivity index (χ2v) is 3.36. The number of halogens is 1. The van der Waals surface area contributed by atoms with Crippen molar-refractivity contribution in [2.45, 2.75) is 19.3 Å². The van der Waals surface area contributed by atoms with E-state index in [1.807, 2.05) is 18.3 Å². The Balaban J connectivity index is 2.42. The van der Waals surface area contributed by atoms with E-state index in [1.54, 1.807) is 0 Å². The molecule has 0 aliphatic heterocycles. The first-order chi connectivity index (χ1) is 5.83. The Labute approximate surface area is 80.1 Å². The van der Waals surface area contributed by atoms with Gasteiger partial charge in [0.1, 0.15) is 10.9 Å². The number of carbonyl (C=O) groups excluding carboxylic acids is 1. The standard InChI is InChI=1S/C9H10BrNO/c10-9-5-4-8(7-11-9)3-1-2-6-12/h4-7H,1-3H2. The van der Waals surface area contributed by atoms with Crippen LogP contribution in [-0.4, -0.2) is 11.3 Å². The van der Waals surface area contributed by atoms with Crippen LogP contribution in [0.3, 0.4) is 0 Å². The van der Waals surface area contributed by atoms with Crippen molar-refractivity contribution in [1.29, 1.82) is 0 Å². The first-order valence-electron chi connectivity index (χ1n) is 3.87. The molecule has 0 radical (unpaired) electrons. The van der Waals surface area contributed by atoms with E-state index in [-0.39, 0.29) is 0 Å². The molecule has 0 saturated carbocycles. The quantitative estimate of drug-likeness (QED) is 0.449. The van der Waals surface area contributed by atoms with Gasteiger partial charge in [-0.3, -0.25) is 0 Å². The normalized spacial score (nSPS) is 9.75. The molecule has 0 spiro atoms. The molecule has 64 valence electrons. The molecule has 1 heterocycles. The monoisotopic (exact) mass is 227 g/mol. The minimum Gasteiger partial charge on any atom is -0.303 e. The summed E-state index contributed by atoms with van der Waals surface area (Å²) >= 11 is 3.26. The zero-order valence-corrected chi connectivity index (χ0v) is 8.25. The molecule has 0 unspecified atom stereocenters. The first kappa shape index (κ1) is 9.39. The van der Waals surface area contributed by atoms with Crippen molar-refractivity contribution < 1.29 is 4.79 Å². The van der Waals surface area contributed by atoms with E-state index in [9.17, 15) is 4.79 Å². The predicted octanol–water partition coefficient (Wildman–Crippen LogP) is 2.37. The largest absolute Gasteiger partial charge is 0.303 e. The van der Waals surface area contributed by atoms with Crippen molar-refractivity contribution in [2.24, 2.45) is 0 Å². The zero-order valence-electron chi connectivity index (χ0n) is 6.66. The SMILES string of the molecule is O=CCCCc1ccc(Br)nc1. The second-order valence-electron chi connectivity index (χ2n) is 2.55. The van der Waals surface area contributed by atoms with Crippen LogP contribution >= 0.6 is 15.9 Å². The van der Waals surface area contributed by atoms with Gasteiger partial charge in [0.25, 0.3) is 0 Å². The zero-order chi connectivity index (χ0) is 8.81. The summed E-state index contributed by atoms with van der Waals surface area (Å²) in [7, 11) is 0. The Morgan fingerprint density at radius 1 is 1.50 bits per heavy atom. The number of carbonyl (C=O) groups is 1. The van der Waals surface area contributed by atoms with Gasteiger partial charge in [0.15, 0.2) is 0 Å². The number of aromatic nitrogens is 1. The Morgan fingerprint density at radius 3 is 2.92 bits per heavy atom. The third-order valence-corrected chi connectivity index (χ3v) is 2.05. The summed E-state index contributed by atoms with van der Waals surface area (Å²) in [5, 5.41) is 0. The lowest BCUT2D eigenvalue weighted by Gasteiger charge is -1.97. The summed E-state index contributed by atoms with van der Waals surface area (Å²) < 4.78 is 0.849. The highest BCUT2D eigenvalue weighted by Gasteiger charge is 1.93. The van der Waals surface area contributed by atoms with E-state index in [0.29, 0.717) is 6.42 Å². The second kappa shape index (κ2) is 5.04. The molecule has 0 atom stereocenters. The molecule has 1 aromatic rings. The fourth-order valence-corrected chi connectivity index (χ4v) is 1.18. The molecule has 1 rings (SSSR count). The molecule has 0 N–H and O–H groups in total. The Kier molecular flexibility index (Phi) is 3.94. The van der Waals surface area contributed by atoms with Crippen molar-refractivity contribution in [3.05, 3.63) is 28.5 Å². The fourth-order valence-electron chi connectivity index (χ4n) is 0.944. The number of rotatable bonds is 4. The van der Waals surface area contributed by atoms with Crippen molar-refractivity contribution in [1.82, 2.24) is 4.98 Å². The van der Waals surface area contributed by atoms with E-state index in [0.717, 1.165) is 23.7 Å². The molecule has 0 fully saturated rings. The van der Waals surface area contributed by atoms with Crippen LogP contribution in [-0.2, 0) is 11.2 Å². The molecule has 0 amide bonds. The molecular weight excluding hydrogens is 218 g/mol. The van der Waals surface area contributed by atoms with Gasteiger partial charge >= 0.3 is 0 Å². The van der Waals surface area contributed by atoms with Crippen molar-refractivity contribution in [3.8, 4) is 0 Å². The fraction of sp³-hybridized carbons (Fsp3) is 0.333. The van der Waals surface area contributed by atoms with Gasteiger partial charge in [0.2, 0.25) is 0 Å². The van der Waals surface area contributed by atoms with Crippen LogP contribution in [0.5, 0.6) is 0 Å². The average molecular weight is 228 g/mol. The number of unbranched alkanes of at least 4 members (excludes halogenated alkanes) is 1. The average Bonchev–Trinajstić information content (AvgIpc) is 2.09. The summed E-state index contributed by atoms with van der Waals surface area (Å²) in [6.45, 7) is 0. The highest BCUT2D eigenvalue weighted by Crippen LogP contribution is 2.08. The van der Waals surface area contributed by atoms with Gasteiger partial charge < -0.3 is 4.79 Å². The van der Waals surface area contributed by atoms with Crippen LogP contribution in [0.2, 0.25) is 0 Å². The van der Waals surface area contributed by atoms with E-state index in [1.165, 1.54) is 5.56 Å². The topological polar surface area (TPSA) is 30.0 Å². The van der Waals surface area contributed by atoms with Gasteiger partial charge in [0, 0.05) is 12.6 Å². The summed E-state index contributed by atoms with van der Waals surface area (Å²) in [5.74, 6) is 0. The maximum absolute atomic E-state index is 10.0. The Bertz CT molecular complexity index is 245. The Morgan fingerprint density at radius 2 is 2.33 bits per heavy atom. The van der Waals surface area contributed by atoms with Gasteiger partial charge in [0.05, 0.1) is 0 Å². The summed E-state index contributed by atoms with van der Waals surface area (Å²) in [4.78, 5) is 14.1. The molecule has 0 aliphatic rings. The summed E-state index contributed by atoms with van der Waals surface area (Å²) in [5.41, 5.74) is 1.18. The van der Waals surface area contributed by atoms with E-state index >= 15 is 0 Å². The number of hydrogen-bond acceptors (Lipinski definition) is 2. The van der Waals surface area contributed by atoms with Gasteiger partial charge in [-0.25, -0.2) is 4.98 Å². The van der Waals surface area contributed by atoms with E-state index in [4.69, 9.17) is 0 Å². The van der Waals surface area contributed by atoms with Crippen LogP contribution < -0.4 is 0 Å². The number of pyridine rings is 1. The highest BCUT2D eigenvalue weighted by atomic mass is 79.9. The lowest BCUT2D eigenvalue weighted by molar-refractivity contribution is -0.107. The molecule has 0 saturated heterocycles. The highest BCUT2D eigenvalue weighted by molar-refractivity contribution is 9.10. The first-order valence-corrected chi connectivity index (χ1v) is 4.66. The molecule has 0 aliphatic carbocycles. The van der Waals surface area contributed by atoms with Gasteiger partial charge in [-0.1, -0.05) is 6.07 Å².